The third kappa shape index (κ3) is 4.44. The Bertz CT molecular complexity index is 339. The van der Waals surface area contributed by atoms with E-state index in [2.05, 4.69) is 47.8 Å². The van der Waals surface area contributed by atoms with Crippen molar-refractivity contribution < 1.29 is 4.79 Å². The normalized spacial score (nSPS) is 14.2. The Balaban J connectivity index is 5.24. The summed E-state index contributed by atoms with van der Waals surface area (Å²) in [5, 5.41) is 0. The molecule has 0 spiro atoms. The molecule has 18 heavy (non-hydrogen) atoms. The summed E-state index contributed by atoms with van der Waals surface area (Å²) in [5.74, 6) is 0.509. The van der Waals surface area contributed by atoms with Gasteiger partial charge in [0.15, 0.2) is 5.78 Å². The molecule has 0 saturated carbocycles. The van der Waals surface area contributed by atoms with Crippen molar-refractivity contribution in [2.75, 3.05) is 0 Å². The van der Waals surface area contributed by atoms with Crippen LogP contribution in [0.25, 0.3) is 0 Å². The first-order valence-electron chi connectivity index (χ1n) is 6.75. The highest BCUT2D eigenvalue weighted by molar-refractivity contribution is 5.98. The molecule has 0 aromatic rings. The minimum absolute atomic E-state index is 0.101. The highest BCUT2D eigenvalue weighted by Gasteiger charge is 2.42. The molecular weight excluding hydrogens is 220 g/mol. The Morgan fingerprint density at radius 3 is 1.78 bits per heavy atom. The quantitative estimate of drug-likeness (QED) is 0.469. The fourth-order valence-electron chi connectivity index (χ4n) is 2.98. The number of hydrogen-bond donors (Lipinski definition) is 0. The number of allylic oxidation sites excluding steroid dienone is 2. The summed E-state index contributed by atoms with van der Waals surface area (Å²) < 4.78 is 0. The molecule has 1 unspecified atom stereocenters. The van der Waals surface area contributed by atoms with Crippen molar-refractivity contribution in [1.29, 1.82) is 0 Å². The van der Waals surface area contributed by atoms with Crippen LogP contribution >= 0.6 is 0 Å². The van der Waals surface area contributed by atoms with Crippen LogP contribution in [0.2, 0.25) is 0 Å². The van der Waals surface area contributed by atoms with Crippen molar-refractivity contribution in [3.05, 3.63) is 24.3 Å². The average molecular weight is 250 g/mol. The van der Waals surface area contributed by atoms with E-state index in [4.69, 9.17) is 0 Å². The lowest BCUT2D eigenvalue weighted by molar-refractivity contribution is -0.128. The molecule has 0 radical (unpaired) electrons. The van der Waals surface area contributed by atoms with Crippen LogP contribution in [0.5, 0.6) is 0 Å². The van der Waals surface area contributed by atoms with Crippen LogP contribution in [0.15, 0.2) is 24.3 Å². The Kier molecular flexibility index (Phi) is 5.58. The Morgan fingerprint density at radius 2 is 1.50 bits per heavy atom. The van der Waals surface area contributed by atoms with Gasteiger partial charge in [-0.15, -0.1) is 6.58 Å². The summed E-state index contributed by atoms with van der Waals surface area (Å²) in [6, 6.07) is 0. The van der Waals surface area contributed by atoms with Crippen LogP contribution in [-0.2, 0) is 4.79 Å². The molecule has 0 aliphatic heterocycles. The predicted molar refractivity (Wildman–Crippen MR) is 80.6 cm³/mol. The van der Waals surface area contributed by atoms with Crippen LogP contribution in [0.3, 0.4) is 0 Å². The van der Waals surface area contributed by atoms with E-state index in [1.54, 1.807) is 0 Å². The summed E-state index contributed by atoms with van der Waals surface area (Å²) in [5.41, 5.74) is 1.58. The number of rotatable bonds is 6. The minimum Gasteiger partial charge on any atom is -0.294 e. The van der Waals surface area contributed by atoms with Gasteiger partial charge in [0.25, 0.3) is 0 Å². The van der Waals surface area contributed by atoms with Gasteiger partial charge in [0.1, 0.15) is 0 Å². The van der Waals surface area contributed by atoms with E-state index in [9.17, 15) is 4.79 Å². The number of hydrogen-bond acceptors (Lipinski definition) is 1. The number of carbonyl (C=O) groups excluding carboxylic acids is 1. The summed E-state index contributed by atoms with van der Waals surface area (Å²) in [4.78, 5) is 12.4. The Labute approximate surface area is 113 Å². The standard InChI is InChI=1S/C17H30O/c1-12(2)10-11-14(16(5,6)7)17(8,9)15(18)13(3)4/h14H,1,3,10-11H2,2,4-9H3. The molecule has 104 valence electrons. The molecule has 1 atom stereocenters. The molecule has 0 amide bonds. The van der Waals surface area contributed by atoms with Gasteiger partial charge in [-0.05, 0) is 43.6 Å². The van der Waals surface area contributed by atoms with E-state index >= 15 is 0 Å². The lowest BCUT2D eigenvalue weighted by atomic mass is 9.61. The maximum absolute atomic E-state index is 12.4. The van der Waals surface area contributed by atoms with E-state index in [1.807, 2.05) is 13.8 Å². The fraction of sp³-hybridized carbons (Fsp3) is 0.706. The highest BCUT2D eigenvalue weighted by atomic mass is 16.1. The zero-order valence-electron chi connectivity index (χ0n) is 13.3. The lowest BCUT2D eigenvalue weighted by Gasteiger charge is -2.42. The zero-order valence-corrected chi connectivity index (χ0v) is 13.3. The van der Waals surface area contributed by atoms with Gasteiger partial charge in [0.2, 0.25) is 0 Å². The van der Waals surface area contributed by atoms with Crippen LogP contribution < -0.4 is 0 Å². The first-order valence-corrected chi connectivity index (χ1v) is 6.75. The number of ketones is 1. The van der Waals surface area contributed by atoms with Gasteiger partial charge in [-0.3, -0.25) is 4.79 Å². The van der Waals surface area contributed by atoms with E-state index in [0.29, 0.717) is 11.5 Å². The Hall–Kier alpha value is -0.850. The van der Waals surface area contributed by atoms with Gasteiger partial charge in [0.05, 0.1) is 0 Å². The van der Waals surface area contributed by atoms with Gasteiger partial charge in [-0.1, -0.05) is 46.8 Å². The molecular formula is C17H30O. The van der Waals surface area contributed by atoms with Crippen LogP contribution in [0, 0.1) is 16.7 Å². The molecule has 0 aliphatic rings. The second-order valence-electron chi connectivity index (χ2n) is 7.25. The molecule has 1 nitrogen and oxygen atoms in total. The topological polar surface area (TPSA) is 17.1 Å². The third-order valence-corrected chi connectivity index (χ3v) is 3.75. The molecule has 0 fully saturated rings. The summed E-state index contributed by atoms with van der Waals surface area (Å²) in [6.45, 7) is 22.4. The third-order valence-electron chi connectivity index (χ3n) is 3.75. The van der Waals surface area contributed by atoms with Crippen LogP contribution in [0.4, 0.5) is 0 Å². The fourth-order valence-corrected chi connectivity index (χ4v) is 2.98. The maximum Gasteiger partial charge on any atom is 0.163 e. The van der Waals surface area contributed by atoms with Crippen molar-refractivity contribution in [3.8, 4) is 0 Å². The monoisotopic (exact) mass is 250 g/mol. The number of carbonyl (C=O) groups is 1. The van der Waals surface area contributed by atoms with Crippen molar-refractivity contribution in [3.63, 3.8) is 0 Å². The van der Waals surface area contributed by atoms with Gasteiger partial charge < -0.3 is 0 Å². The first-order chi connectivity index (χ1) is 7.90. The zero-order chi connectivity index (χ0) is 14.7. The average Bonchev–Trinajstić information content (AvgIpc) is 2.13. The van der Waals surface area contributed by atoms with Crippen molar-refractivity contribution in [2.24, 2.45) is 16.7 Å². The van der Waals surface area contributed by atoms with Gasteiger partial charge in [-0.2, -0.15) is 0 Å². The summed E-state index contributed by atoms with van der Waals surface area (Å²) in [7, 11) is 0. The molecule has 0 saturated heterocycles. The molecule has 0 bridgehead atoms. The summed E-state index contributed by atoms with van der Waals surface area (Å²) >= 11 is 0. The molecule has 0 aromatic heterocycles. The van der Waals surface area contributed by atoms with E-state index in [-0.39, 0.29) is 16.6 Å². The second-order valence-corrected chi connectivity index (χ2v) is 7.25. The molecule has 0 aliphatic carbocycles. The molecule has 0 rings (SSSR count). The van der Waals surface area contributed by atoms with Crippen molar-refractivity contribution in [1.82, 2.24) is 0 Å². The smallest absolute Gasteiger partial charge is 0.163 e. The Morgan fingerprint density at radius 1 is 1.06 bits per heavy atom. The highest BCUT2D eigenvalue weighted by Crippen LogP contribution is 2.45. The molecule has 0 heterocycles. The number of Topliss-reactive ketones (excluding diaryl/α,β-unsaturated/α-hetero) is 1. The van der Waals surface area contributed by atoms with Crippen molar-refractivity contribution >= 4 is 5.78 Å². The van der Waals surface area contributed by atoms with E-state index in [1.165, 1.54) is 5.57 Å². The first kappa shape index (κ1) is 17.2. The molecule has 0 N–H and O–H groups in total. The predicted octanol–water partition coefficient (Wildman–Crippen LogP) is 5.18. The molecule has 1 heteroatoms. The maximum atomic E-state index is 12.4. The van der Waals surface area contributed by atoms with Crippen LogP contribution in [0.1, 0.15) is 61.3 Å². The van der Waals surface area contributed by atoms with E-state index in [0.717, 1.165) is 12.8 Å². The second kappa shape index (κ2) is 5.86. The molecule has 0 aromatic carbocycles. The minimum atomic E-state index is -0.362. The largest absolute Gasteiger partial charge is 0.294 e. The van der Waals surface area contributed by atoms with Gasteiger partial charge in [-0.25, -0.2) is 0 Å². The summed E-state index contributed by atoms with van der Waals surface area (Å²) in [6.07, 6.45) is 1.99. The van der Waals surface area contributed by atoms with E-state index < -0.39 is 0 Å². The van der Waals surface area contributed by atoms with Crippen molar-refractivity contribution in [2.45, 2.75) is 61.3 Å². The van der Waals surface area contributed by atoms with Crippen LogP contribution in [-0.4, -0.2) is 5.78 Å². The van der Waals surface area contributed by atoms with Gasteiger partial charge >= 0.3 is 0 Å². The lowest BCUT2D eigenvalue weighted by Crippen LogP contribution is -2.40. The SMILES string of the molecule is C=C(C)CCC(C(C)(C)C)C(C)(C)C(=O)C(=C)C. The van der Waals surface area contributed by atoms with Gasteiger partial charge in [0, 0.05) is 5.41 Å².